The molecule has 1 heterocycles. The van der Waals surface area contributed by atoms with Crippen LogP contribution in [-0.2, 0) is 11.4 Å². The van der Waals surface area contributed by atoms with Gasteiger partial charge in [-0.05, 0) is 61.0 Å². The van der Waals surface area contributed by atoms with E-state index in [2.05, 4.69) is 5.32 Å². The third kappa shape index (κ3) is 5.23. The van der Waals surface area contributed by atoms with Gasteiger partial charge >= 0.3 is 0 Å². The van der Waals surface area contributed by atoms with E-state index in [1.165, 1.54) is 6.08 Å². The highest BCUT2D eigenvalue weighted by Gasteiger charge is 2.10. The Hall–Kier alpha value is -3.22. The van der Waals surface area contributed by atoms with Crippen LogP contribution < -0.4 is 14.8 Å². The van der Waals surface area contributed by atoms with Gasteiger partial charge in [0.05, 0.1) is 24.4 Å². The number of rotatable bonds is 8. The van der Waals surface area contributed by atoms with Crippen LogP contribution in [0.2, 0.25) is 5.02 Å². The molecule has 1 aromatic heterocycles. The Labute approximate surface area is 179 Å². The van der Waals surface area contributed by atoms with E-state index in [1.54, 1.807) is 55.7 Å². The number of hydrogen-bond acceptors (Lipinski definition) is 5. The van der Waals surface area contributed by atoms with Crippen LogP contribution in [0.15, 0.2) is 59.0 Å². The molecule has 0 aliphatic carbocycles. The number of carbonyl (C=O) groups is 1. The van der Waals surface area contributed by atoms with Crippen molar-refractivity contribution in [2.45, 2.75) is 13.5 Å². The molecule has 0 fully saturated rings. The van der Waals surface area contributed by atoms with Gasteiger partial charge in [-0.3, -0.25) is 4.79 Å². The van der Waals surface area contributed by atoms with Crippen molar-refractivity contribution < 1.29 is 23.8 Å². The monoisotopic (exact) mass is 427 g/mol. The molecule has 3 rings (SSSR count). The lowest BCUT2D eigenvalue weighted by Crippen LogP contribution is -2.08. The summed E-state index contributed by atoms with van der Waals surface area (Å²) in [6.07, 6.45) is 3.08. The highest BCUT2D eigenvalue weighted by atomic mass is 35.5. The number of carbonyl (C=O) groups excluding carboxylic acids is 1. The fourth-order valence-electron chi connectivity index (χ4n) is 2.80. The first-order valence-electron chi connectivity index (χ1n) is 9.33. The molecule has 30 heavy (non-hydrogen) atoms. The van der Waals surface area contributed by atoms with Gasteiger partial charge in [0.1, 0.15) is 18.1 Å². The summed E-state index contributed by atoms with van der Waals surface area (Å²) in [5.41, 5.74) is 1.97. The Morgan fingerprint density at radius 1 is 1.17 bits per heavy atom. The molecule has 0 spiro atoms. The first kappa shape index (κ1) is 21.5. The molecule has 7 heteroatoms. The number of aliphatic hydroxyl groups excluding tert-OH is 1. The van der Waals surface area contributed by atoms with E-state index < -0.39 is 0 Å². The summed E-state index contributed by atoms with van der Waals surface area (Å²) in [6.45, 7) is 2.25. The number of amides is 1. The zero-order valence-electron chi connectivity index (χ0n) is 16.6. The zero-order valence-corrected chi connectivity index (χ0v) is 17.4. The number of furan rings is 1. The average Bonchev–Trinajstić information content (AvgIpc) is 3.24. The molecule has 0 radical (unpaired) electrons. The zero-order chi connectivity index (χ0) is 21.5. The summed E-state index contributed by atoms with van der Waals surface area (Å²) in [6, 6.07) is 14.0. The number of halogens is 1. The van der Waals surface area contributed by atoms with Crippen LogP contribution in [0, 0.1) is 0 Å². The maximum atomic E-state index is 12.4. The molecule has 6 nitrogen and oxygen atoms in total. The minimum absolute atomic E-state index is 0.182. The number of nitrogens with one attached hydrogen (secondary N) is 1. The van der Waals surface area contributed by atoms with Crippen LogP contribution in [0.4, 0.5) is 5.69 Å². The smallest absolute Gasteiger partial charge is 0.248 e. The summed E-state index contributed by atoms with van der Waals surface area (Å²) in [5, 5.41) is 12.3. The van der Waals surface area contributed by atoms with Gasteiger partial charge in [-0.15, -0.1) is 0 Å². The number of aliphatic hydroxyl groups is 1. The van der Waals surface area contributed by atoms with Gasteiger partial charge in [-0.25, -0.2) is 0 Å². The lowest BCUT2D eigenvalue weighted by molar-refractivity contribution is -0.111. The molecule has 0 aliphatic rings. The molecular weight excluding hydrogens is 406 g/mol. The summed E-state index contributed by atoms with van der Waals surface area (Å²) < 4.78 is 16.3. The van der Waals surface area contributed by atoms with Gasteiger partial charge in [0.25, 0.3) is 0 Å². The highest BCUT2D eigenvalue weighted by Crippen LogP contribution is 2.31. The standard InChI is InChI=1S/C23H22ClNO5/c1-3-29-21-9-4-15(12-22(21)28-2)5-11-23(27)25-19-13-16(6-8-18(19)24)20-10-7-17(14-26)30-20/h4-13,26H,3,14H2,1-2H3,(H,25,27)/b11-5+. The van der Waals surface area contributed by atoms with Crippen molar-refractivity contribution >= 4 is 29.3 Å². The second kappa shape index (κ2) is 10.0. The normalized spacial score (nSPS) is 10.9. The van der Waals surface area contributed by atoms with Crippen LogP contribution in [0.5, 0.6) is 11.5 Å². The molecule has 1 amide bonds. The Kier molecular flexibility index (Phi) is 7.17. The lowest BCUT2D eigenvalue weighted by Gasteiger charge is -2.09. The number of methoxy groups -OCH3 is 1. The van der Waals surface area contributed by atoms with Crippen molar-refractivity contribution in [3.63, 3.8) is 0 Å². The third-order valence-corrected chi connectivity index (χ3v) is 4.57. The summed E-state index contributed by atoms with van der Waals surface area (Å²) in [5.74, 6) is 1.93. The fourth-order valence-corrected chi connectivity index (χ4v) is 2.97. The van der Waals surface area contributed by atoms with E-state index in [0.29, 0.717) is 40.3 Å². The second-order valence-corrected chi connectivity index (χ2v) is 6.69. The van der Waals surface area contributed by atoms with Crippen LogP contribution in [-0.4, -0.2) is 24.7 Å². The van der Waals surface area contributed by atoms with Gasteiger partial charge in [0, 0.05) is 11.6 Å². The van der Waals surface area contributed by atoms with Gasteiger partial charge in [0.15, 0.2) is 11.5 Å². The molecule has 0 unspecified atom stereocenters. The Bertz CT molecular complexity index is 1060. The fraction of sp³-hybridized carbons (Fsp3) is 0.174. The first-order chi connectivity index (χ1) is 14.5. The molecule has 0 saturated carbocycles. The Balaban J connectivity index is 1.73. The topological polar surface area (TPSA) is 80.9 Å². The average molecular weight is 428 g/mol. The van der Waals surface area contributed by atoms with E-state index in [0.717, 1.165) is 11.1 Å². The predicted octanol–water partition coefficient (Wildman–Crippen LogP) is 5.15. The van der Waals surface area contributed by atoms with Crippen molar-refractivity contribution in [3.8, 4) is 22.8 Å². The van der Waals surface area contributed by atoms with Crippen molar-refractivity contribution in [1.29, 1.82) is 0 Å². The molecule has 2 aromatic carbocycles. The first-order valence-corrected chi connectivity index (χ1v) is 9.71. The van der Waals surface area contributed by atoms with E-state index in [9.17, 15) is 4.79 Å². The lowest BCUT2D eigenvalue weighted by atomic mass is 10.1. The SMILES string of the molecule is CCOc1ccc(/C=C/C(=O)Nc2cc(-c3ccc(CO)o3)ccc2Cl)cc1OC. The van der Waals surface area contributed by atoms with Crippen LogP contribution in [0.1, 0.15) is 18.2 Å². The van der Waals surface area contributed by atoms with Crippen molar-refractivity contribution in [2.24, 2.45) is 0 Å². The second-order valence-electron chi connectivity index (χ2n) is 6.28. The van der Waals surface area contributed by atoms with Crippen LogP contribution >= 0.6 is 11.6 Å². The predicted molar refractivity (Wildman–Crippen MR) is 117 cm³/mol. The van der Waals surface area contributed by atoms with Crippen molar-refractivity contribution in [1.82, 2.24) is 0 Å². The van der Waals surface area contributed by atoms with Gasteiger partial charge in [-0.1, -0.05) is 17.7 Å². The molecule has 0 saturated heterocycles. The molecule has 0 atom stereocenters. The molecule has 0 aliphatic heterocycles. The summed E-state index contributed by atoms with van der Waals surface area (Å²) in [4.78, 5) is 12.4. The summed E-state index contributed by atoms with van der Waals surface area (Å²) in [7, 11) is 1.57. The minimum Gasteiger partial charge on any atom is -0.493 e. The van der Waals surface area contributed by atoms with Crippen LogP contribution in [0.25, 0.3) is 17.4 Å². The molecule has 2 N–H and O–H groups in total. The van der Waals surface area contributed by atoms with E-state index in [4.69, 9.17) is 30.6 Å². The highest BCUT2D eigenvalue weighted by molar-refractivity contribution is 6.34. The Morgan fingerprint density at radius 3 is 2.70 bits per heavy atom. The quantitative estimate of drug-likeness (QED) is 0.486. The van der Waals surface area contributed by atoms with E-state index >= 15 is 0 Å². The van der Waals surface area contributed by atoms with Gasteiger partial charge in [0.2, 0.25) is 5.91 Å². The minimum atomic E-state index is -0.336. The maximum Gasteiger partial charge on any atom is 0.248 e. The molecular formula is C23H22ClNO5. The van der Waals surface area contributed by atoms with Gasteiger partial charge in [-0.2, -0.15) is 0 Å². The van der Waals surface area contributed by atoms with E-state index in [1.807, 2.05) is 13.0 Å². The summed E-state index contributed by atoms with van der Waals surface area (Å²) >= 11 is 6.22. The number of benzene rings is 2. The third-order valence-electron chi connectivity index (χ3n) is 4.24. The largest absolute Gasteiger partial charge is 0.493 e. The molecule has 0 bridgehead atoms. The van der Waals surface area contributed by atoms with Crippen molar-refractivity contribution in [2.75, 3.05) is 19.0 Å². The Morgan fingerprint density at radius 2 is 2.00 bits per heavy atom. The molecule has 3 aromatic rings. The number of hydrogen-bond donors (Lipinski definition) is 2. The van der Waals surface area contributed by atoms with Crippen LogP contribution in [0.3, 0.4) is 0 Å². The molecule has 156 valence electrons. The van der Waals surface area contributed by atoms with E-state index in [-0.39, 0.29) is 12.5 Å². The number of anilines is 1. The van der Waals surface area contributed by atoms with Crippen molar-refractivity contribution in [3.05, 3.63) is 71.0 Å². The maximum absolute atomic E-state index is 12.4. The number of ether oxygens (including phenoxy) is 2. The van der Waals surface area contributed by atoms with Gasteiger partial charge < -0.3 is 24.3 Å².